The molecule has 0 saturated carbocycles. The standard InChI is InChI=1S/C19H23NO2S/c1-14-4-6-16(7-5-14)12-23-13-19(21)20-15(2)17-8-10-18(22-3)11-9-17/h4-11,15H,12-13H2,1-3H3,(H,20,21)/t15-/m1/s1. The van der Waals surface area contributed by atoms with E-state index < -0.39 is 0 Å². The van der Waals surface area contributed by atoms with Crippen LogP contribution in [0.2, 0.25) is 0 Å². The molecule has 2 rings (SSSR count). The lowest BCUT2D eigenvalue weighted by molar-refractivity contribution is -0.119. The van der Waals surface area contributed by atoms with E-state index in [9.17, 15) is 4.79 Å². The Kier molecular flexibility index (Phi) is 6.53. The average Bonchev–Trinajstić information content (AvgIpc) is 2.56. The summed E-state index contributed by atoms with van der Waals surface area (Å²) in [6.07, 6.45) is 0. The molecular formula is C19H23NO2S. The molecule has 0 aromatic heterocycles. The van der Waals surface area contributed by atoms with Gasteiger partial charge in [-0.1, -0.05) is 42.0 Å². The van der Waals surface area contributed by atoms with E-state index >= 15 is 0 Å². The van der Waals surface area contributed by atoms with E-state index in [1.54, 1.807) is 18.9 Å². The van der Waals surface area contributed by atoms with Gasteiger partial charge in [-0.05, 0) is 37.1 Å². The van der Waals surface area contributed by atoms with Crippen molar-refractivity contribution in [3.8, 4) is 5.75 Å². The van der Waals surface area contributed by atoms with Gasteiger partial charge in [-0.15, -0.1) is 11.8 Å². The first-order chi connectivity index (χ1) is 11.1. The van der Waals surface area contributed by atoms with Gasteiger partial charge in [-0.3, -0.25) is 4.79 Å². The summed E-state index contributed by atoms with van der Waals surface area (Å²) >= 11 is 1.63. The van der Waals surface area contributed by atoms with Gasteiger partial charge in [0.25, 0.3) is 0 Å². The fraction of sp³-hybridized carbons (Fsp3) is 0.316. The lowest BCUT2D eigenvalue weighted by Gasteiger charge is -2.14. The molecule has 3 nitrogen and oxygen atoms in total. The van der Waals surface area contributed by atoms with Crippen molar-refractivity contribution in [2.75, 3.05) is 12.9 Å². The maximum atomic E-state index is 12.0. The van der Waals surface area contributed by atoms with E-state index in [0.29, 0.717) is 5.75 Å². The summed E-state index contributed by atoms with van der Waals surface area (Å²) in [5, 5.41) is 3.03. The lowest BCUT2D eigenvalue weighted by Crippen LogP contribution is -2.28. The molecule has 23 heavy (non-hydrogen) atoms. The average molecular weight is 329 g/mol. The zero-order valence-corrected chi connectivity index (χ0v) is 14.7. The highest BCUT2D eigenvalue weighted by Gasteiger charge is 2.09. The number of hydrogen-bond donors (Lipinski definition) is 1. The first kappa shape index (κ1) is 17.4. The third-order valence-electron chi connectivity index (χ3n) is 3.62. The van der Waals surface area contributed by atoms with E-state index in [0.717, 1.165) is 17.1 Å². The molecule has 1 atom stereocenters. The summed E-state index contributed by atoms with van der Waals surface area (Å²) in [7, 11) is 1.64. The zero-order chi connectivity index (χ0) is 16.7. The molecule has 0 aliphatic carbocycles. The topological polar surface area (TPSA) is 38.3 Å². The Morgan fingerprint density at radius 2 is 1.78 bits per heavy atom. The van der Waals surface area contributed by atoms with Gasteiger partial charge in [-0.2, -0.15) is 0 Å². The van der Waals surface area contributed by atoms with Crippen LogP contribution in [0.15, 0.2) is 48.5 Å². The minimum Gasteiger partial charge on any atom is -0.497 e. The van der Waals surface area contributed by atoms with E-state index in [4.69, 9.17) is 4.74 Å². The van der Waals surface area contributed by atoms with Crippen LogP contribution in [0.4, 0.5) is 0 Å². The van der Waals surface area contributed by atoms with Crippen molar-refractivity contribution < 1.29 is 9.53 Å². The number of thioether (sulfide) groups is 1. The van der Waals surface area contributed by atoms with Gasteiger partial charge in [0.2, 0.25) is 5.91 Å². The fourth-order valence-electron chi connectivity index (χ4n) is 2.20. The molecular weight excluding hydrogens is 306 g/mol. The van der Waals surface area contributed by atoms with Crippen LogP contribution in [0.5, 0.6) is 5.75 Å². The number of benzene rings is 2. The van der Waals surface area contributed by atoms with Crippen molar-refractivity contribution in [2.45, 2.75) is 25.6 Å². The number of carbonyl (C=O) groups is 1. The second kappa shape index (κ2) is 8.63. The molecule has 122 valence electrons. The minimum absolute atomic E-state index is 0.00613. The number of rotatable bonds is 7. The molecule has 0 aliphatic rings. The van der Waals surface area contributed by atoms with E-state index in [1.165, 1.54) is 11.1 Å². The first-order valence-corrected chi connectivity index (χ1v) is 8.80. The van der Waals surface area contributed by atoms with Crippen LogP contribution in [-0.4, -0.2) is 18.8 Å². The molecule has 0 bridgehead atoms. The van der Waals surface area contributed by atoms with Crippen LogP contribution < -0.4 is 10.1 Å². The molecule has 0 unspecified atom stereocenters. The molecule has 0 aliphatic heterocycles. The highest BCUT2D eigenvalue weighted by atomic mass is 32.2. The fourth-order valence-corrected chi connectivity index (χ4v) is 3.00. The van der Waals surface area contributed by atoms with Gasteiger partial charge in [0.15, 0.2) is 0 Å². The third-order valence-corrected chi connectivity index (χ3v) is 4.62. The van der Waals surface area contributed by atoms with Crippen molar-refractivity contribution in [1.82, 2.24) is 5.32 Å². The quantitative estimate of drug-likeness (QED) is 0.830. The second-order valence-corrected chi connectivity index (χ2v) is 6.53. The summed E-state index contributed by atoms with van der Waals surface area (Å²) in [5.41, 5.74) is 3.57. The Bertz CT molecular complexity index is 623. The third kappa shape index (κ3) is 5.64. The number of amides is 1. The molecule has 2 aromatic rings. The summed E-state index contributed by atoms with van der Waals surface area (Å²) in [5.74, 6) is 2.20. The van der Waals surface area contributed by atoms with Gasteiger partial charge in [0.1, 0.15) is 5.75 Å². The molecule has 0 saturated heterocycles. The molecule has 0 heterocycles. The minimum atomic E-state index is -0.00613. The second-order valence-electron chi connectivity index (χ2n) is 5.54. The van der Waals surface area contributed by atoms with Gasteiger partial charge in [0, 0.05) is 5.75 Å². The Labute approximate surface area is 142 Å². The number of carbonyl (C=O) groups excluding carboxylic acids is 1. The lowest BCUT2D eigenvalue weighted by atomic mass is 10.1. The number of aryl methyl sites for hydroxylation is 1. The molecule has 2 aromatic carbocycles. The van der Waals surface area contributed by atoms with Crippen molar-refractivity contribution in [2.24, 2.45) is 0 Å². The maximum Gasteiger partial charge on any atom is 0.230 e. The number of methoxy groups -OCH3 is 1. The SMILES string of the molecule is COc1ccc([C@@H](C)NC(=O)CSCc2ccc(C)cc2)cc1. The molecule has 1 amide bonds. The molecule has 4 heteroatoms. The summed E-state index contributed by atoms with van der Waals surface area (Å²) < 4.78 is 5.14. The normalized spacial score (nSPS) is 11.8. The van der Waals surface area contributed by atoms with Crippen LogP contribution >= 0.6 is 11.8 Å². The monoisotopic (exact) mass is 329 g/mol. The van der Waals surface area contributed by atoms with Gasteiger partial charge < -0.3 is 10.1 Å². The Balaban J connectivity index is 1.76. The van der Waals surface area contributed by atoms with Gasteiger partial charge >= 0.3 is 0 Å². The summed E-state index contributed by atoms with van der Waals surface area (Å²) in [4.78, 5) is 12.0. The van der Waals surface area contributed by atoms with Crippen molar-refractivity contribution in [3.63, 3.8) is 0 Å². The molecule has 0 fully saturated rings. The van der Waals surface area contributed by atoms with Crippen molar-refractivity contribution in [1.29, 1.82) is 0 Å². The largest absolute Gasteiger partial charge is 0.497 e. The van der Waals surface area contributed by atoms with Crippen LogP contribution in [0.1, 0.15) is 29.7 Å². The van der Waals surface area contributed by atoms with Crippen LogP contribution in [0.3, 0.4) is 0 Å². The molecule has 0 spiro atoms. The highest BCUT2D eigenvalue weighted by Crippen LogP contribution is 2.18. The van der Waals surface area contributed by atoms with Crippen molar-refractivity contribution >= 4 is 17.7 Å². The number of ether oxygens (including phenoxy) is 1. The summed E-state index contributed by atoms with van der Waals surface area (Å²) in [6, 6.07) is 16.2. The molecule has 1 N–H and O–H groups in total. The highest BCUT2D eigenvalue weighted by molar-refractivity contribution is 7.99. The number of hydrogen-bond acceptors (Lipinski definition) is 3. The van der Waals surface area contributed by atoms with Crippen LogP contribution in [0, 0.1) is 6.92 Å². The van der Waals surface area contributed by atoms with Crippen LogP contribution in [0.25, 0.3) is 0 Å². The van der Waals surface area contributed by atoms with Gasteiger partial charge in [-0.25, -0.2) is 0 Å². The summed E-state index contributed by atoms with van der Waals surface area (Å²) in [6.45, 7) is 4.06. The van der Waals surface area contributed by atoms with E-state index in [2.05, 4.69) is 36.5 Å². The first-order valence-electron chi connectivity index (χ1n) is 7.65. The van der Waals surface area contributed by atoms with Crippen molar-refractivity contribution in [3.05, 3.63) is 65.2 Å². The Morgan fingerprint density at radius 3 is 2.39 bits per heavy atom. The van der Waals surface area contributed by atoms with Gasteiger partial charge in [0.05, 0.1) is 18.9 Å². The predicted octanol–water partition coefficient (Wildman–Crippen LogP) is 4.11. The van der Waals surface area contributed by atoms with E-state index in [-0.39, 0.29) is 11.9 Å². The van der Waals surface area contributed by atoms with E-state index in [1.807, 2.05) is 31.2 Å². The predicted molar refractivity (Wildman–Crippen MR) is 96.9 cm³/mol. The number of nitrogens with one attached hydrogen (secondary N) is 1. The smallest absolute Gasteiger partial charge is 0.230 e. The Hall–Kier alpha value is -1.94. The maximum absolute atomic E-state index is 12.0. The zero-order valence-electron chi connectivity index (χ0n) is 13.8. The Morgan fingerprint density at radius 1 is 1.13 bits per heavy atom. The van der Waals surface area contributed by atoms with Crippen LogP contribution in [-0.2, 0) is 10.5 Å². The molecule has 0 radical (unpaired) electrons.